The molecule has 2 aromatic carbocycles. The molecule has 0 radical (unpaired) electrons. The molecule has 0 aromatic heterocycles. The van der Waals surface area contributed by atoms with Gasteiger partial charge < -0.3 is 0 Å². The van der Waals surface area contributed by atoms with Crippen molar-refractivity contribution >= 4 is 46.0 Å². The molecule has 0 spiro atoms. The number of halogens is 3. The Balaban J connectivity index is 1.99. The van der Waals surface area contributed by atoms with Crippen LogP contribution in [0.4, 0.5) is 4.39 Å². The molecule has 1 aliphatic rings. The summed E-state index contributed by atoms with van der Waals surface area (Å²) in [4.78, 5) is 25.7. The summed E-state index contributed by atoms with van der Waals surface area (Å²) in [7, 11) is 0. The molecule has 0 unspecified atom stereocenters. The highest BCUT2D eigenvalue weighted by molar-refractivity contribution is 14.1. The second-order valence-corrected chi connectivity index (χ2v) is 6.14. The summed E-state index contributed by atoms with van der Waals surface area (Å²) >= 11 is 7.73. The van der Waals surface area contributed by atoms with Crippen molar-refractivity contribution in [1.82, 2.24) is 4.90 Å². The summed E-state index contributed by atoms with van der Waals surface area (Å²) in [5.74, 6) is -1.42. The highest BCUT2D eigenvalue weighted by atomic mass is 127. The minimum absolute atomic E-state index is 0.0290. The monoisotopic (exact) mass is 415 g/mol. The summed E-state index contributed by atoms with van der Waals surface area (Å²) in [6.45, 7) is -0.130. The van der Waals surface area contributed by atoms with Crippen molar-refractivity contribution in [3.05, 3.63) is 67.5 Å². The Morgan fingerprint density at radius 3 is 2.52 bits per heavy atom. The van der Waals surface area contributed by atoms with Gasteiger partial charge in [0.1, 0.15) is 5.82 Å². The minimum atomic E-state index is -0.606. The van der Waals surface area contributed by atoms with Crippen LogP contribution in [-0.2, 0) is 6.54 Å². The van der Waals surface area contributed by atoms with Gasteiger partial charge in [-0.15, -0.1) is 0 Å². The minimum Gasteiger partial charge on any atom is -0.270 e. The van der Waals surface area contributed by atoms with Gasteiger partial charge >= 0.3 is 0 Å². The molecule has 0 saturated heterocycles. The van der Waals surface area contributed by atoms with Gasteiger partial charge in [0.05, 0.1) is 22.7 Å². The fraction of sp³-hybridized carbons (Fsp3) is 0.0667. The zero-order valence-corrected chi connectivity index (χ0v) is 13.5. The Hall–Kier alpha value is -1.47. The van der Waals surface area contributed by atoms with Crippen LogP contribution in [0.15, 0.2) is 36.4 Å². The van der Waals surface area contributed by atoms with Crippen LogP contribution in [0, 0.1) is 9.39 Å². The second kappa shape index (κ2) is 5.38. The van der Waals surface area contributed by atoms with E-state index < -0.39 is 17.6 Å². The first kappa shape index (κ1) is 14.5. The van der Waals surface area contributed by atoms with Crippen molar-refractivity contribution in [3.63, 3.8) is 0 Å². The smallest absolute Gasteiger partial charge is 0.262 e. The van der Waals surface area contributed by atoms with Gasteiger partial charge in [0, 0.05) is 9.13 Å². The van der Waals surface area contributed by atoms with Crippen molar-refractivity contribution in [1.29, 1.82) is 0 Å². The number of hydrogen-bond acceptors (Lipinski definition) is 2. The Labute approximate surface area is 138 Å². The van der Waals surface area contributed by atoms with E-state index in [0.717, 1.165) is 4.90 Å². The number of benzene rings is 2. The van der Waals surface area contributed by atoms with E-state index in [0.29, 0.717) is 14.7 Å². The quantitative estimate of drug-likeness (QED) is 0.551. The maximum absolute atomic E-state index is 13.9. The molecule has 1 heterocycles. The van der Waals surface area contributed by atoms with E-state index in [2.05, 4.69) is 0 Å². The molecule has 0 bridgehead atoms. The van der Waals surface area contributed by atoms with E-state index in [1.165, 1.54) is 12.1 Å². The number of fused-ring (bicyclic) bond motifs is 1. The maximum Gasteiger partial charge on any atom is 0.262 e. The number of rotatable bonds is 2. The van der Waals surface area contributed by atoms with Crippen LogP contribution in [0.5, 0.6) is 0 Å². The third-order valence-electron chi connectivity index (χ3n) is 3.31. The van der Waals surface area contributed by atoms with Gasteiger partial charge in [0.15, 0.2) is 0 Å². The highest BCUT2D eigenvalue weighted by Gasteiger charge is 2.37. The highest BCUT2D eigenvalue weighted by Crippen LogP contribution is 2.29. The predicted octanol–water partition coefficient (Wildman–Crippen LogP) is 3.88. The third-order valence-corrected chi connectivity index (χ3v) is 4.50. The molecule has 1 aliphatic heterocycles. The van der Waals surface area contributed by atoms with Crippen molar-refractivity contribution < 1.29 is 14.0 Å². The first-order valence-electron chi connectivity index (χ1n) is 6.08. The molecule has 0 aliphatic carbocycles. The van der Waals surface area contributed by atoms with Crippen LogP contribution in [0.1, 0.15) is 26.3 Å². The topological polar surface area (TPSA) is 37.4 Å². The molecule has 106 valence electrons. The van der Waals surface area contributed by atoms with Crippen LogP contribution >= 0.6 is 34.2 Å². The molecular formula is C15H8ClFINO2. The van der Waals surface area contributed by atoms with E-state index >= 15 is 0 Å². The van der Waals surface area contributed by atoms with Crippen LogP contribution in [-0.4, -0.2) is 16.7 Å². The lowest BCUT2D eigenvalue weighted by Crippen LogP contribution is -2.29. The average Bonchev–Trinajstić information content (AvgIpc) is 2.70. The largest absolute Gasteiger partial charge is 0.270 e. The van der Waals surface area contributed by atoms with Gasteiger partial charge in [0.25, 0.3) is 11.8 Å². The first-order chi connectivity index (χ1) is 10.0. The van der Waals surface area contributed by atoms with Crippen molar-refractivity contribution in [2.75, 3.05) is 0 Å². The van der Waals surface area contributed by atoms with E-state index in [1.54, 1.807) is 24.3 Å². The van der Waals surface area contributed by atoms with Crippen molar-refractivity contribution in [2.24, 2.45) is 0 Å². The molecule has 2 amide bonds. The molecule has 2 aromatic rings. The standard InChI is InChI=1S/C15H8ClFINO2/c16-10-5-1-3-8(13(10)17)7-19-14(20)9-4-2-6-11(18)12(9)15(19)21/h1-6H,7H2. The summed E-state index contributed by atoms with van der Waals surface area (Å²) in [5, 5.41) is -0.0290. The zero-order chi connectivity index (χ0) is 15.1. The SMILES string of the molecule is O=C1c2cccc(I)c2C(=O)N1Cc1cccc(Cl)c1F. The second-order valence-electron chi connectivity index (χ2n) is 4.57. The van der Waals surface area contributed by atoms with Gasteiger partial charge in [-0.2, -0.15) is 0 Å². The van der Waals surface area contributed by atoms with Gasteiger partial charge in [-0.25, -0.2) is 4.39 Å². The Morgan fingerprint density at radius 1 is 1.10 bits per heavy atom. The van der Waals surface area contributed by atoms with E-state index in [1.807, 2.05) is 22.6 Å². The van der Waals surface area contributed by atoms with E-state index in [-0.39, 0.29) is 17.1 Å². The third kappa shape index (κ3) is 2.34. The fourth-order valence-electron chi connectivity index (χ4n) is 2.28. The molecule has 21 heavy (non-hydrogen) atoms. The lowest BCUT2D eigenvalue weighted by Gasteiger charge is -2.14. The van der Waals surface area contributed by atoms with E-state index in [4.69, 9.17) is 11.6 Å². The summed E-state index contributed by atoms with van der Waals surface area (Å²) in [6.07, 6.45) is 0. The molecule has 3 nitrogen and oxygen atoms in total. The van der Waals surface area contributed by atoms with Gasteiger partial charge in [0.2, 0.25) is 0 Å². The molecule has 6 heteroatoms. The van der Waals surface area contributed by atoms with Crippen LogP contribution in [0.2, 0.25) is 5.02 Å². The Kier molecular flexibility index (Phi) is 3.71. The lowest BCUT2D eigenvalue weighted by molar-refractivity contribution is 0.0640. The number of carbonyl (C=O) groups excluding carboxylic acids is 2. The summed E-state index contributed by atoms with van der Waals surface area (Å²) in [6, 6.07) is 9.60. The molecule has 0 fully saturated rings. The van der Waals surface area contributed by atoms with Gasteiger partial charge in [-0.1, -0.05) is 29.8 Å². The Bertz CT molecular complexity index is 778. The van der Waals surface area contributed by atoms with Crippen LogP contribution < -0.4 is 0 Å². The van der Waals surface area contributed by atoms with Gasteiger partial charge in [-0.05, 0) is 40.8 Å². The Morgan fingerprint density at radius 2 is 1.81 bits per heavy atom. The summed E-state index contributed by atoms with van der Waals surface area (Å²) < 4.78 is 14.6. The fourth-order valence-corrected chi connectivity index (χ4v) is 3.20. The lowest BCUT2D eigenvalue weighted by atomic mass is 10.1. The predicted molar refractivity (Wildman–Crippen MR) is 84.8 cm³/mol. The molecule has 0 saturated carbocycles. The first-order valence-corrected chi connectivity index (χ1v) is 7.54. The maximum atomic E-state index is 13.9. The number of nitrogens with zero attached hydrogens (tertiary/aromatic N) is 1. The summed E-state index contributed by atoms with van der Waals surface area (Å²) in [5.41, 5.74) is 0.951. The van der Waals surface area contributed by atoms with Crippen molar-refractivity contribution in [3.8, 4) is 0 Å². The molecule has 3 rings (SSSR count). The number of carbonyl (C=O) groups is 2. The zero-order valence-electron chi connectivity index (χ0n) is 10.6. The normalized spacial score (nSPS) is 13.8. The van der Waals surface area contributed by atoms with Crippen molar-refractivity contribution in [2.45, 2.75) is 6.54 Å². The molecular weight excluding hydrogens is 408 g/mol. The molecule has 0 N–H and O–H groups in total. The number of hydrogen-bond donors (Lipinski definition) is 0. The number of amides is 2. The molecule has 0 atom stereocenters. The van der Waals surface area contributed by atoms with Gasteiger partial charge in [-0.3, -0.25) is 14.5 Å². The van der Waals surface area contributed by atoms with E-state index in [9.17, 15) is 14.0 Å². The average molecular weight is 416 g/mol. The van der Waals surface area contributed by atoms with Crippen LogP contribution in [0.25, 0.3) is 0 Å². The van der Waals surface area contributed by atoms with Crippen LogP contribution in [0.3, 0.4) is 0 Å². The number of imide groups is 1.